The molecule has 0 unspecified atom stereocenters. The highest BCUT2D eigenvalue weighted by molar-refractivity contribution is 7.91. The molecule has 1 N–H and O–H groups in total. The molecule has 0 spiro atoms. The number of rotatable bonds is 3. The summed E-state index contributed by atoms with van der Waals surface area (Å²) in [5.41, 5.74) is 0.430. The zero-order valence-electron chi connectivity index (χ0n) is 12.3. The summed E-state index contributed by atoms with van der Waals surface area (Å²) in [5.74, 6) is -1.89. The van der Waals surface area contributed by atoms with Crippen LogP contribution in [0.15, 0.2) is 18.2 Å². The minimum atomic E-state index is -3.08. The zero-order valence-corrected chi connectivity index (χ0v) is 13.2. The van der Waals surface area contributed by atoms with Crippen molar-refractivity contribution in [1.29, 1.82) is 0 Å². The number of carbonyl (C=O) groups is 1. The fourth-order valence-electron chi connectivity index (χ4n) is 2.40. The van der Waals surface area contributed by atoms with Crippen molar-refractivity contribution in [1.82, 2.24) is 10.2 Å². The Morgan fingerprint density at radius 2 is 2.05 bits per heavy atom. The van der Waals surface area contributed by atoms with E-state index in [4.69, 9.17) is 0 Å². The Balaban J connectivity index is 2.00. The summed E-state index contributed by atoms with van der Waals surface area (Å²) < 4.78 is 49.0. The van der Waals surface area contributed by atoms with Gasteiger partial charge in [-0.25, -0.2) is 22.0 Å². The molecule has 2 amide bonds. The smallest absolute Gasteiger partial charge is 0.317 e. The van der Waals surface area contributed by atoms with Crippen molar-refractivity contribution in [2.75, 3.05) is 18.6 Å². The van der Waals surface area contributed by atoms with Gasteiger partial charge < -0.3 is 10.2 Å². The number of hydrogen-bond acceptors (Lipinski definition) is 3. The molecule has 2 rings (SSSR count). The summed E-state index contributed by atoms with van der Waals surface area (Å²) in [7, 11) is -1.55. The van der Waals surface area contributed by atoms with Gasteiger partial charge in [-0.05, 0) is 31.0 Å². The highest BCUT2D eigenvalue weighted by atomic mass is 32.2. The van der Waals surface area contributed by atoms with E-state index in [1.54, 1.807) is 6.92 Å². The molecule has 5 nitrogen and oxygen atoms in total. The van der Waals surface area contributed by atoms with Crippen LogP contribution in [0.1, 0.15) is 24.9 Å². The Bertz CT molecular complexity index is 679. The van der Waals surface area contributed by atoms with Gasteiger partial charge in [-0.3, -0.25) is 0 Å². The van der Waals surface area contributed by atoms with Crippen LogP contribution >= 0.6 is 0 Å². The van der Waals surface area contributed by atoms with E-state index >= 15 is 0 Å². The molecule has 0 aliphatic carbocycles. The maximum Gasteiger partial charge on any atom is 0.317 e. The van der Waals surface area contributed by atoms with E-state index in [0.29, 0.717) is 12.0 Å². The van der Waals surface area contributed by atoms with E-state index < -0.39 is 33.5 Å². The first-order chi connectivity index (χ1) is 10.2. The average molecular weight is 332 g/mol. The van der Waals surface area contributed by atoms with Crippen molar-refractivity contribution in [2.45, 2.75) is 25.4 Å². The van der Waals surface area contributed by atoms with Gasteiger partial charge in [0.25, 0.3) is 0 Å². The first-order valence-electron chi connectivity index (χ1n) is 6.88. The van der Waals surface area contributed by atoms with E-state index in [9.17, 15) is 22.0 Å². The number of halogens is 2. The Morgan fingerprint density at radius 3 is 2.59 bits per heavy atom. The molecule has 8 heteroatoms. The number of benzene rings is 1. The first kappa shape index (κ1) is 16.7. The van der Waals surface area contributed by atoms with E-state index in [0.717, 1.165) is 12.1 Å². The van der Waals surface area contributed by atoms with Crippen LogP contribution in [-0.2, 0) is 9.84 Å². The molecule has 122 valence electrons. The van der Waals surface area contributed by atoms with Gasteiger partial charge in [0.1, 0.15) is 0 Å². The molecular weight excluding hydrogens is 314 g/mol. The molecule has 1 saturated heterocycles. The molecule has 22 heavy (non-hydrogen) atoms. The molecule has 1 fully saturated rings. The van der Waals surface area contributed by atoms with Crippen LogP contribution in [0, 0.1) is 11.6 Å². The highest BCUT2D eigenvalue weighted by Gasteiger charge is 2.33. The summed E-state index contributed by atoms with van der Waals surface area (Å²) in [6.07, 6.45) is 0.409. The summed E-state index contributed by atoms with van der Waals surface area (Å²) in [4.78, 5) is 13.5. The van der Waals surface area contributed by atoms with Crippen LogP contribution < -0.4 is 5.32 Å². The number of carbonyl (C=O) groups excluding carboxylic acids is 1. The Kier molecular flexibility index (Phi) is 4.69. The molecule has 0 saturated carbocycles. The van der Waals surface area contributed by atoms with Gasteiger partial charge in [0, 0.05) is 13.1 Å². The Hall–Kier alpha value is -1.70. The molecule has 0 radical (unpaired) electrons. The van der Waals surface area contributed by atoms with Gasteiger partial charge in [0.05, 0.1) is 17.5 Å². The highest BCUT2D eigenvalue weighted by Crippen LogP contribution is 2.19. The van der Waals surface area contributed by atoms with Crippen LogP contribution in [0.5, 0.6) is 0 Å². The first-order valence-corrected chi connectivity index (χ1v) is 8.70. The van der Waals surface area contributed by atoms with Crippen molar-refractivity contribution < 1.29 is 22.0 Å². The van der Waals surface area contributed by atoms with Gasteiger partial charge in [-0.2, -0.15) is 0 Å². The van der Waals surface area contributed by atoms with Crippen LogP contribution in [0.25, 0.3) is 0 Å². The molecule has 2 atom stereocenters. The predicted octanol–water partition coefficient (Wildman–Crippen LogP) is 1.85. The van der Waals surface area contributed by atoms with Gasteiger partial charge in [0.2, 0.25) is 0 Å². The fourth-order valence-corrected chi connectivity index (χ4v) is 4.17. The number of nitrogens with one attached hydrogen (secondary N) is 1. The summed E-state index contributed by atoms with van der Waals surface area (Å²) in [6, 6.07) is 2.09. The maximum absolute atomic E-state index is 13.2. The minimum Gasteiger partial charge on any atom is -0.331 e. The van der Waals surface area contributed by atoms with Crippen LogP contribution in [0.3, 0.4) is 0 Å². The molecule has 1 heterocycles. The molecule has 1 aromatic carbocycles. The van der Waals surface area contributed by atoms with E-state index in [2.05, 4.69) is 5.32 Å². The Labute approximate surface area is 128 Å². The fraction of sp³-hybridized carbons (Fsp3) is 0.500. The molecular formula is C14H18F2N2O3S. The topological polar surface area (TPSA) is 66.5 Å². The lowest BCUT2D eigenvalue weighted by Gasteiger charge is -2.26. The zero-order chi connectivity index (χ0) is 16.5. The van der Waals surface area contributed by atoms with Crippen molar-refractivity contribution in [3.63, 3.8) is 0 Å². The lowest BCUT2D eigenvalue weighted by molar-refractivity contribution is 0.192. The Morgan fingerprint density at radius 1 is 1.36 bits per heavy atom. The van der Waals surface area contributed by atoms with E-state index in [-0.39, 0.29) is 17.5 Å². The standard InChI is InChI=1S/C14H18F2N2O3S/c1-9(10-3-4-12(15)13(16)7-10)17-14(19)18(2)11-5-6-22(20,21)8-11/h3-4,7,9,11H,5-6,8H2,1-2H3,(H,17,19)/t9-,11-/m1/s1. The SMILES string of the molecule is C[C@@H](NC(=O)N(C)[C@@H]1CCS(=O)(=O)C1)c1ccc(F)c(F)c1. The number of amides is 2. The normalized spacial score (nSPS) is 21.4. The molecule has 0 aromatic heterocycles. The van der Waals surface area contributed by atoms with Gasteiger partial charge in [0.15, 0.2) is 21.5 Å². The summed E-state index contributed by atoms with van der Waals surface area (Å²) in [6.45, 7) is 1.64. The summed E-state index contributed by atoms with van der Waals surface area (Å²) in [5, 5.41) is 2.65. The van der Waals surface area contributed by atoms with Crippen molar-refractivity contribution in [3.05, 3.63) is 35.4 Å². The van der Waals surface area contributed by atoms with Crippen LogP contribution in [0.4, 0.5) is 13.6 Å². The van der Waals surface area contributed by atoms with Crippen LogP contribution in [-0.4, -0.2) is 43.9 Å². The van der Waals surface area contributed by atoms with E-state index in [1.807, 2.05) is 0 Å². The third-order valence-corrected chi connectivity index (χ3v) is 5.61. The third kappa shape index (κ3) is 3.73. The van der Waals surface area contributed by atoms with Crippen molar-refractivity contribution in [2.24, 2.45) is 0 Å². The maximum atomic E-state index is 13.2. The average Bonchev–Trinajstić information content (AvgIpc) is 2.81. The molecule has 1 aromatic rings. The number of urea groups is 1. The van der Waals surface area contributed by atoms with E-state index in [1.165, 1.54) is 18.0 Å². The third-order valence-electron chi connectivity index (χ3n) is 3.86. The van der Waals surface area contributed by atoms with Gasteiger partial charge in [-0.1, -0.05) is 6.07 Å². The van der Waals surface area contributed by atoms with Gasteiger partial charge >= 0.3 is 6.03 Å². The number of nitrogens with zero attached hydrogens (tertiary/aromatic N) is 1. The second kappa shape index (κ2) is 6.20. The van der Waals surface area contributed by atoms with Crippen LogP contribution in [0.2, 0.25) is 0 Å². The lowest BCUT2D eigenvalue weighted by Crippen LogP contribution is -2.44. The number of sulfone groups is 1. The second-order valence-electron chi connectivity index (χ2n) is 5.51. The minimum absolute atomic E-state index is 0.0452. The molecule has 1 aliphatic heterocycles. The van der Waals surface area contributed by atoms with Crippen molar-refractivity contribution in [3.8, 4) is 0 Å². The number of hydrogen-bond donors (Lipinski definition) is 1. The van der Waals surface area contributed by atoms with Gasteiger partial charge in [-0.15, -0.1) is 0 Å². The lowest BCUT2D eigenvalue weighted by atomic mass is 10.1. The quantitative estimate of drug-likeness (QED) is 0.919. The largest absolute Gasteiger partial charge is 0.331 e. The summed E-state index contributed by atoms with van der Waals surface area (Å²) >= 11 is 0. The molecule has 0 bridgehead atoms. The predicted molar refractivity (Wildman–Crippen MR) is 78.1 cm³/mol. The monoisotopic (exact) mass is 332 g/mol. The van der Waals surface area contributed by atoms with Crippen molar-refractivity contribution >= 4 is 15.9 Å². The second-order valence-corrected chi connectivity index (χ2v) is 7.74. The molecule has 1 aliphatic rings.